The van der Waals surface area contributed by atoms with Crippen molar-refractivity contribution in [3.63, 3.8) is 0 Å². The largest absolute Gasteiger partial charge is 0.117 e. The summed E-state index contributed by atoms with van der Waals surface area (Å²) < 4.78 is 0. The molecular weight excluding hydrogens is 167 g/mol. The average Bonchev–Trinajstić information content (AvgIpc) is 2.67. The Morgan fingerprint density at radius 3 is 2.29 bits per heavy atom. The molecule has 2 unspecified atom stereocenters. The van der Waals surface area contributed by atoms with Crippen molar-refractivity contribution in [3.8, 4) is 0 Å². The molecule has 1 radical (unpaired) electrons. The first-order valence-electron chi connectivity index (χ1n) is 6.51. The van der Waals surface area contributed by atoms with Crippen LogP contribution < -0.4 is 0 Å². The quantitative estimate of drug-likeness (QED) is 0.510. The van der Waals surface area contributed by atoms with Crippen LogP contribution in [0.5, 0.6) is 0 Å². The van der Waals surface area contributed by atoms with Crippen LogP contribution in [-0.2, 0) is 0 Å². The van der Waals surface area contributed by atoms with Crippen LogP contribution in [0.3, 0.4) is 0 Å². The Bertz CT molecular complexity index is 271. The summed E-state index contributed by atoms with van der Waals surface area (Å²) in [6.07, 6.45) is 6.32. The van der Waals surface area contributed by atoms with Crippen molar-refractivity contribution in [1.29, 1.82) is 0 Å². The number of hydrogen-bond acceptors (Lipinski definition) is 0. The maximum Gasteiger partial charge on any atom is 0.117 e. The van der Waals surface area contributed by atoms with Gasteiger partial charge in [-0.3, -0.25) is 0 Å². The molecule has 4 bridgehead atoms. The summed E-state index contributed by atoms with van der Waals surface area (Å²) in [6, 6.07) is 0. The Balaban J connectivity index is 1.67. The summed E-state index contributed by atoms with van der Waals surface area (Å²) in [4.78, 5) is 0. The van der Waals surface area contributed by atoms with E-state index in [9.17, 15) is 0 Å². The van der Waals surface area contributed by atoms with Gasteiger partial charge in [-0.25, -0.2) is 0 Å². The molecule has 0 nitrogen and oxygen atoms in total. The molecule has 1 aliphatic heterocycles. The van der Waals surface area contributed by atoms with Gasteiger partial charge in [0.2, 0.25) is 0 Å². The summed E-state index contributed by atoms with van der Waals surface area (Å²) in [6.45, 7) is 5.08. The maximum atomic E-state index is 2.68. The molecule has 0 aromatic heterocycles. The lowest BCUT2D eigenvalue weighted by Crippen LogP contribution is -2.41. The molecule has 5 saturated carbocycles. The first kappa shape index (κ1) is 8.24. The van der Waals surface area contributed by atoms with Crippen molar-refractivity contribution in [3.05, 3.63) is 0 Å². The van der Waals surface area contributed by atoms with Gasteiger partial charge >= 0.3 is 0 Å². The van der Waals surface area contributed by atoms with E-state index in [-0.39, 0.29) is 0 Å². The summed E-state index contributed by atoms with van der Waals surface area (Å²) in [5.41, 5.74) is 0.651. The number of rotatable bonds is 0. The third-order valence-electron chi connectivity index (χ3n) is 6.21. The highest BCUT2D eigenvalue weighted by Gasteiger charge is 2.61. The summed E-state index contributed by atoms with van der Waals surface area (Å²) in [7, 11) is 2.68. The van der Waals surface area contributed by atoms with Crippen LogP contribution in [0.25, 0.3) is 0 Å². The van der Waals surface area contributed by atoms with E-state index < -0.39 is 0 Å². The van der Waals surface area contributed by atoms with E-state index >= 15 is 0 Å². The zero-order valence-electron chi connectivity index (χ0n) is 9.37. The molecule has 6 rings (SSSR count). The lowest BCUT2D eigenvalue weighted by molar-refractivity contribution is 0.00910. The van der Waals surface area contributed by atoms with E-state index in [4.69, 9.17) is 0 Å². The molecule has 14 heavy (non-hydrogen) atoms. The summed E-state index contributed by atoms with van der Waals surface area (Å²) in [5.74, 6) is 6.52. The third-order valence-corrected chi connectivity index (χ3v) is 6.21. The molecule has 2 atom stereocenters. The molecule has 0 aromatic rings. The van der Waals surface area contributed by atoms with Crippen molar-refractivity contribution in [1.82, 2.24) is 0 Å². The predicted octanol–water partition coefficient (Wildman–Crippen LogP) is 3.37. The predicted molar refractivity (Wildman–Crippen MR) is 59.5 cm³/mol. The Labute approximate surface area is 88.1 Å². The molecule has 6 aliphatic rings. The van der Waals surface area contributed by atoms with Gasteiger partial charge in [0.15, 0.2) is 0 Å². The highest BCUT2D eigenvalue weighted by molar-refractivity contribution is 6.54. The van der Waals surface area contributed by atoms with Crippen LogP contribution in [-0.4, -0.2) is 7.28 Å². The lowest BCUT2D eigenvalue weighted by Gasteiger charge is -2.50. The van der Waals surface area contributed by atoms with Crippen molar-refractivity contribution in [2.24, 2.45) is 29.1 Å². The molecule has 75 valence electrons. The van der Waals surface area contributed by atoms with Gasteiger partial charge in [0.1, 0.15) is 7.28 Å². The van der Waals surface area contributed by atoms with Gasteiger partial charge in [-0.05, 0) is 54.8 Å². The fourth-order valence-corrected chi connectivity index (χ4v) is 4.70. The highest BCUT2D eigenvalue weighted by Crippen LogP contribution is 2.71. The Morgan fingerprint density at radius 2 is 1.57 bits per heavy atom. The molecule has 0 N–H and O–H groups in total. The van der Waals surface area contributed by atoms with Crippen molar-refractivity contribution >= 4 is 7.28 Å². The minimum Gasteiger partial charge on any atom is -0.0694 e. The van der Waals surface area contributed by atoms with E-state index in [0.717, 1.165) is 35.3 Å². The molecule has 1 heterocycles. The normalized spacial score (nSPS) is 61.6. The molecule has 0 aromatic carbocycles. The van der Waals surface area contributed by atoms with Crippen LogP contribution >= 0.6 is 0 Å². The highest BCUT2D eigenvalue weighted by atomic mass is 14.6. The second-order valence-electron chi connectivity index (χ2n) is 7.04. The minimum atomic E-state index is 0.651. The fourth-order valence-electron chi connectivity index (χ4n) is 4.70. The summed E-state index contributed by atoms with van der Waals surface area (Å²) >= 11 is 0. The molecule has 1 saturated heterocycles. The summed E-state index contributed by atoms with van der Waals surface area (Å²) in [5, 5.41) is 0. The molecule has 1 heteroatoms. The first-order chi connectivity index (χ1) is 6.66. The Hall–Kier alpha value is 0.0649. The van der Waals surface area contributed by atoms with Crippen molar-refractivity contribution < 1.29 is 0 Å². The third kappa shape index (κ3) is 0.835. The molecule has 0 amide bonds. The van der Waals surface area contributed by atoms with Gasteiger partial charge in [-0.15, -0.1) is 0 Å². The van der Waals surface area contributed by atoms with E-state index in [0.29, 0.717) is 5.41 Å². The van der Waals surface area contributed by atoms with E-state index in [2.05, 4.69) is 21.1 Å². The second-order valence-corrected chi connectivity index (χ2v) is 7.04. The zero-order valence-corrected chi connectivity index (χ0v) is 9.37. The molecule has 6 fully saturated rings. The SMILES string of the molecule is CC1(C)C2CC(C2)C2CC(C2)C2[B]C21. The topological polar surface area (TPSA) is 0 Å². The molecule has 5 aliphatic carbocycles. The van der Waals surface area contributed by atoms with Crippen LogP contribution in [0.2, 0.25) is 11.6 Å². The standard InChI is InChI=1S/C13H20B/c1-13(2)10-5-8(6-10)7-3-9(4-7)11-12(13)14-11/h7-12H,3-6H2,1-2H3. The second kappa shape index (κ2) is 2.25. The Morgan fingerprint density at radius 1 is 0.929 bits per heavy atom. The van der Waals surface area contributed by atoms with Crippen LogP contribution in [0.1, 0.15) is 39.5 Å². The zero-order chi connectivity index (χ0) is 9.50. The average molecular weight is 187 g/mol. The van der Waals surface area contributed by atoms with E-state index in [1.165, 1.54) is 0 Å². The first-order valence-corrected chi connectivity index (χ1v) is 6.51. The van der Waals surface area contributed by atoms with Gasteiger partial charge in [0, 0.05) is 0 Å². The minimum absolute atomic E-state index is 0.651. The van der Waals surface area contributed by atoms with Gasteiger partial charge in [0.05, 0.1) is 0 Å². The monoisotopic (exact) mass is 187 g/mol. The maximum absolute atomic E-state index is 2.68. The fraction of sp³-hybridized carbons (Fsp3) is 1.00. The van der Waals surface area contributed by atoms with Gasteiger partial charge in [-0.2, -0.15) is 0 Å². The smallest absolute Gasteiger partial charge is 0.0694 e. The molecular formula is C13H20B. The van der Waals surface area contributed by atoms with Crippen molar-refractivity contribution in [2.45, 2.75) is 51.2 Å². The Kier molecular flexibility index (Phi) is 1.33. The van der Waals surface area contributed by atoms with Gasteiger partial charge in [0.25, 0.3) is 0 Å². The lowest BCUT2D eigenvalue weighted by atomic mass is 9.53. The molecule has 0 spiro atoms. The van der Waals surface area contributed by atoms with Crippen LogP contribution in [0, 0.1) is 29.1 Å². The number of hydrogen-bond donors (Lipinski definition) is 0. The van der Waals surface area contributed by atoms with Crippen molar-refractivity contribution in [2.75, 3.05) is 0 Å². The van der Waals surface area contributed by atoms with Gasteiger partial charge < -0.3 is 0 Å². The van der Waals surface area contributed by atoms with E-state index in [1.54, 1.807) is 25.7 Å². The van der Waals surface area contributed by atoms with Crippen LogP contribution in [0.15, 0.2) is 0 Å². The van der Waals surface area contributed by atoms with E-state index in [1.807, 2.05) is 0 Å². The van der Waals surface area contributed by atoms with Crippen LogP contribution in [0.4, 0.5) is 0 Å². The van der Waals surface area contributed by atoms with Gasteiger partial charge in [-0.1, -0.05) is 25.5 Å².